The van der Waals surface area contributed by atoms with Gasteiger partial charge in [0.15, 0.2) is 0 Å². The molecule has 0 amide bonds. The number of anilines is 1. The van der Waals surface area contributed by atoms with E-state index in [1.54, 1.807) is 96.3 Å². The molecule has 1 unspecified atom stereocenters. The van der Waals surface area contributed by atoms with Crippen molar-refractivity contribution in [2.45, 2.75) is 175 Å². The first kappa shape index (κ1) is 43.6. The van der Waals surface area contributed by atoms with E-state index in [1.807, 2.05) is 13.8 Å². The largest absolute Gasteiger partial charge is 2.00 e. The van der Waals surface area contributed by atoms with Crippen molar-refractivity contribution in [3.05, 3.63) is 79.7 Å². The molecule has 2 aromatic rings. The van der Waals surface area contributed by atoms with Crippen molar-refractivity contribution < 1.29 is 19.5 Å². The number of hydrogen-bond donors (Lipinski definition) is 0. The zero-order valence-corrected chi connectivity index (χ0v) is 36.8. The number of aryl methyl sites for hydroxylation is 6. The Balaban J connectivity index is 0.000000227. The van der Waals surface area contributed by atoms with Gasteiger partial charge in [-0.15, -0.1) is 53.2 Å². The van der Waals surface area contributed by atoms with Gasteiger partial charge in [0.05, 0.1) is 23.0 Å². The van der Waals surface area contributed by atoms with Crippen molar-refractivity contribution in [3.63, 3.8) is 0 Å². The maximum absolute atomic E-state index is 5.49. The summed E-state index contributed by atoms with van der Waals surface area (Å²) in [4.78, 5) is 6.88. The van der Waals surface area contributed by atoms with Crippen molar-refractivity contribution in [2.24, 2.45) is 4.99 Å². The second-order valence-corrected chi connectivity index (χ2v) is 20.0. The minimum Gasteiger partial charge on any atom is -0.493 e. The predicted octanol–water partition coefficient (Wildman–Crippen LogP) is 14.1. The summed E-state index contributed by atoms with van der Waals surface area (Å²) in [6.45, 7) is 17.7. The fraction of sp³-hybridized carbons (Fsp3) is 0.636. The smallest absolute Gasteiger partial charge is 0.493 e. The summed E-state index contributed by atoms with van der Waals surface area (Å²) in [5.74, 6) is 1.36. The Morgan fingerprint density at radius 1 is 0.680 bits per heavy atom. The van der Waals surface area contributed by atoms with E-state index in [0.29, 0.717) is 5.03 Å². The van der Waals surface area contributed by atoms with E-state index in [9.17, 15) is 0 Å². The molecule has 1 aliphatic heterocycles. The maximum Gasteiger partial charge on any atom is 2.00 e. The third-order valence-electron chi connectivity index (χ3n) is 11.5. The zero-order valence-electron chi connectivity index (χ0n) is 32.5. The molecule has 1 heterocycles. The second-order valence-electron chi connectivity index (χ2n) is 15.9. The SMILES string of the molecule is C1CCC([PH+](C2CCCCC2)C2CCCCC2)CC1.CC(C)=C(Cl)[CH-]Cl.Cc1cc(C)c(C2CN(c3c(C)cc(C)cc3C)[C-]=N2)c(C)c1.[Ru+2]. The molecule has 3 fully saturated rings. The monoisotopic (exact) mass is 825 g/mol. The first-order chi connectivity index (χ1) is 23.5. The molecule has 6 rings (SSSR count). The van der Waals surface area contributed by atoms with Gasteiger partial charge >= 0.3 is 19.5 Å². The van der Waals surface area contributed by atoms with Crippen LogP contribution in [0.3, 0.4) is 0 Å². The van der Waals surface area contributed by atoms with Gasteiger partial charge in [0.2, 0.25) is 0 Å². The average molecular weight is 826 g/mol. The standard InChI is InChI=1S/C21H25N2.C18H33P.C5H7Cl2.Ru/c1-13-7-15(3)20(16(4)8-13)19-11-23(12-22-19)21-17(5)9-14(2)10-18(21)6;1-4-10-16(11-5-1)19(17-12-6-2-7-13-17)18-14-8-3-9-15-18;1-4(2)5(7)3-6;/h7-10,19H,11H2,1-6H3;16-18H,1-15H2;3H,1-2H3;/q-1;;-1;+2/p+1. The molecule has 0 aromatic heterocycles. The van der Waals surface area contributed by atoms with E-state index in [1.165, 1.54) is 67.5 Å². The van der Waals surface area contributed by atoms with E-state index in [0.717, 1.165) is 12.1 Å². The van der Waals surface area contributed by atoms with E-state index in [-0.39, 0.29) is 33.4 Å². The second kappa shape index (κ2) is 21.8. The Labute approximate surface area is 331 Å². The molecule has 4 aliphatic rings. The normalized spacial score (nSPS) is 20.0. The number of rotatable bonds is 6. The third-order valence-corrected chi connectivity index (χ3v) is 16.8. The number of aliphatic imine (C=N–C) groups is 1. The number of benzene rings is 2. The van der Waals surface area contributed by atoms with Gasteiger partial charge < -0.3 is 9.89 Å². The molecular formula is C44H66Cl2N2PRu+. The van der Waals surface area contributed by atoms with Crippen LogP contribution in [-0.4, -0.2) is 29.9 Å². The number of nitrogens with zero attached hydrogens (tertiary/aromatic N) is 2. The fourth-order valence-corrected chi connectivity index (χ4v) is 14.9. The molecule has 6 heteroatoms. The van der Waals surface area contributed by atoms with Crippen molar-refractivity contribution in [1.29, 1.82) is 0 Å². The molecular weight excluding hydrogens is 759 g/mol. The summed E-state index contributed by atoms with van der Waals surface area (Å²) < 4.78 is 0. The first-order valence-electron chi connectivity index (χ1n) is 19.5. The quantitative estimate of drug-likeness (QED) is 0.161. The van der Waals surface area contributed by atoms with Crippen molar-refractivity contribution in [2.75, 3.05) is 11.4 Å². The Bertz CT molecular complexity index is 1240. The van der Waals surface area contributed by atoms with E-state index in [2.05, 4.69) is 77.0 Å². The number of allylic oxidation sites excluding steroid dienone is 2. The van der Waals surface area contributed by atoms with Gasteiger partial charge in [-0.1, -0.05) is 74.8 Å². The number of halogens is 2. The van der Waals surface area contributed by atoms with Crippen molar-refractivity contribution in [3.8, 4) is 0 Å². The minimum absolute atomic E-state index is 0. The number of hydrogen-bond acceptors (Lipinski definition) is 2. The molecule has 0 N–H and O–H groups in total. The molecule has 0 bridgehead atoms. The van der Waals surface area contributed by atoms with Gasteiger partial charge in [0.25, 0.3) is 0 Å². The van der Waals surface area contributed by atoms with Crippen LogP contribution in [0.25, 0.3) is 0 Å². The summed E-state index contributed by atoms with van der Waals surface area (Å²) in [6.07, 6.45) is 27.0. The Morgan fingerprint density at radius 2 is 1.06 bits per heavy atom. The fourth-order valence-electron chi connectivity index (χ4n) is 9.42. The van der Waals surface area contributed by atoms with Gasteiger partial charge in [0, 0.05) is 14.5 Å². The van der Waals surface area contributed by atoms with Crippen LogP contribution in [0.15, 0.2) is 39.9 Å². The Hall–Kier alpha value is -0.847. The molecule has 2 aromatic carbocycles. The summed E-state index contributed by atoms with van der Waals surface area (Å²) >= 11 is 10.7. The molecule has 1 atom stereocenters. The van der Waals surface area contributed by atoms with E-state index in [4.69, 9.17) is 28.2 Å². The average Bonchev–Trinajstić information content (AvgIpc) is 3.54. The Kier molecular flexibility index (Phi) is 19.0. The molecule has 50 heavy (non-hydrogen) atoms. The summed E-state index contributed by atoms with van der Waals surface area (Å²) in [7, 11) is -0.0465. The molecule has 3 aliphatic carbocycles. The molecule has 3 saturated carbocycles. The third kappa shape index (κ3) is 12.4. The van der Waals surface area contributed by atoms with Gasteiger partial charge in [-0.2, -0.15) is 0 Å². The Morgan fingerprint density at radius 3 is 1.40 bits per heavy atom. The molecule has 278 valence electrons. The topological polar surface area (TPSA) is 15.6 Å². The van der Waals surface area contributed by atoms with Crippen LogP contribution in [0.5, 0.6) is 0 Å². The van der Waals surface area contributed by atoms with Crippen LogP contribution in [0.1, 0.15) is 155 Å². The van der Waals surface area contributed by atoms with Crippen molar-refractivity contribution in [1.82, 2.24) is 0 Å². The predicted molar refractivity (Wildman–Crippen MR) is 222 cm³/mol. The first-order valence-corrected chi connectivity index (χ1v) is 22.1. The molecule has 0 spiro atoms. The zero-order chi connectivity index (χ0) is 35.5. The van der Waals surface area contributed by atoms with Crippen LogP contribution >= 0.6 is 31.1 Å². The van der Waals surface area contributed by atoms with Crippen molar-refractivity contribution >= 4 is 43.1 Å². The molecule has 2 nitrogen and oxygen atoms in total. The van der Waals surface area contributed by atoms with Gasteiger partial charge in [-0.3, -0.25) is 0 Å². The van der Waals surface area contributed by atoms with E-state index < -0.39 is 0 Å². The maximum atomic E-state index is 5.49. The van der Waals surface area contributed by atoms with Crippen LogP contribution in [-0.2, 0) is 19.5 Å². The van der Waals surface area contributed by atoms with Crippen LogP contribution in [0.2, 0.25) is 0 Å². The van der Waals surface area contributed by atoms with Gasteiger partial charge in [-0.05, 0) is 121 Å². The van der Waals surface area contributed by atoms with Crippen LogP contribution in [0, 0.1) is 47.4 Å². The van der Waals surface area contributed by atoms with Crippen LogP contribution in [0.4, 0.5) is 5.69 Å². The van der Waals surface area contributed by atoms with Gasteiger partial charge in [0.1, 0.15) is 0 Å². The summed E-state index contributed by atoms with van der Waals surface area (Å²) in [6, 6.07) is 9.15. The summed E-state index contributed by atoms with van der Waals surface area (Å²) in [5.41, 5.74) is 15.2. The van der Waals surface area contributed by atoms with Crippen LogP contribution < -0.4 is 4.90 Å². The van der Waals surface area contributed by atoms with E-state index >= 15 is 0 Å². The molecule has 0 saturated heterocycles. The molecule has 0 radical (unpaired) electrons. The van der Waals surface area contributed by atoms with Gasteiger partial charge in [-0.25, -0.2) is 17.2 Å². The summed E-state index contributed by atoms with van der Waals surface area (Å²) in [5, 5.41) is 0.627. The minimum atomic E-state index is -0.0465.